The number of nitro groups is 1. The first kappa shape index (κ1) is 13.9. The van der Waals surface area contributed by atoms with Crippen LogP contribution in [0.15, 0.2) is 29.4 Å². The van der Waals surface area contributed by atoms with Crippen LogP contribution in [-0.4, -0.2) is 23.5 Å². The van der Waals surface area contributed by atoms with Gasteiger partial charge >= 0.3 is 5.69 Å². The maximum atomic E-state index is 13.5. The summed E-state index contributed by atoms with van der Waals surface area (Å²) >= 11 is 0. The molecule has 20 heavy (non-hydrogen) atoms. The van der Waals surface area contributed by atoms with Crippen LogP contribution in [0.4, 0.5) is 20.2 Å². The fraction of sp³-hybridized carbons (Fsp3) is 0. The molecule has 0 aliphatic rings. The Balaban J connectivity index is 2.44. The van der Waals surface area contributed by atoms with Gasteiger partial charge in [-0.05, 0) is 0 Å². The number of nitro benzene ring substituents is 1. The maximum absolute atomic E-state index is 13.5. The van der Waals surface area contributed by atoms with Crippen molar-refractivity contribution < 1.29 is 22.1 Å². The van der Waals surface area contributed by atoms with Crippen LogP contribution in [0.25, 0.3) is 0 Å². The average molecular weight is 304 g/mol. The minimum absolute atomic E-state index is 0.228. The first-order chi connectivity index (χ1) is 9.31. The zero-order valence-electron chi connectivity index (χ0n) is 9.50. The predicted molar refractivity (Wildman–Crippen MR) is 62.4 cm³/mol. The monoisotopic (exact) mass is 304 g/mol. The number of nitrogens with one attached hydrogen (secondary N) is 2. The first-order valence-electron chi connectivity index (χ1n) is 4.96. The van der Waals surface area contributed by atoms with Gasteiger partial charge in [-0.2, -0.15) is 9.49 Å². The second kappa shape index (κ2) is 4.85. The van der Waals surface area contributed by atoms with Crippen molar-refractivity contribution in [2.45, 2.75) is 4.90 Å². The van der Waals surface area contributed by atoms with E-state index in [9.17, 15) is 27.3 Å². The summed E-state index contributed by atoms with van der Waals surface area (Å²) in [7, 11) is -4.18. The standard InChI is InChI=1S/C9H6F2N4O4S/c10-6-1-7(11)9(15(16)17)2-8(6)14-20(18,19)5-3-12-13-4-5/h1-4,14H,(H,12,13). The average Bonchev–Trinajstić information content (AvgIpc) is 2.86. The van der Waals surface area contributed by atoms with Gasteiger partial charge in [0, 0.05) is 18.3 Å². The smallest absolute Gasteiger partial charge is 0.284 e. The summed E-state index contributed by atoms with van der Waals surface area (Å²) in [5.74, 6) is -2.68. The fourth-order valence-corrected chi connectivity index (χ4v) is 2.31. The molecule has 2 N–H and O–H groups in total. The quantitative estimate of drug-likeness (QED) is 0.653. The maximum Gasteiger partial charge on any atom is 0.307 e. The van der Waals surface area contributed by atoms with Gasteiger partial charge in [-0.1, -0.05) is 0 Å². The number of aromatic nitrogens is 2. The number of anilines is 1. The number of rotatable bonds is 4. The highest BCUT2D eigenvalue weighted by atomic mass is 32.2. The fourth-order valence-electron chi connectivity index (χ4n) is 1.35. The van der Waals surface area contributed by atoms with Crippen LogP contribution in [-0.2, 0) is 10.0 Å². The largest absolute Gasteiger partial charge is 0.307 e. The molecule has 0 aliphatic heterocycles. The van der Waals surface area contributed by atoms with Crippen molar-refractivity contribution in [1.82, 2.24) is 10.2 Å². The number of hydrogen-bond donors (Lipinski definition) is 2. The molecule has 2 rings (SSSR count). The summed E-state index contributed by atoms with van der Waals surface area (Å²) in [6.07, 6.45) is 1.98. The van der Waals surface area contributed by atoms with E-state index in [4.69, 9.17) is 0 Å². The molecule has 0 aliphatic carbocycles. The van der Waals surface area contributed by atoms with Gasteiger partial charge in [0.2, 0.25) is 5.82 Å². The lowest BCUT2D eigenvalue weighted by molar-refractivity contribution is -0.387. The Morgan fingerprint density at radius 3 is 2.55 bits per heavy atom. The summed E-state index contributed by atoms with van der Waals surface area (Å²) in [5.41, 5.74) is -1.78. The lowest BCUT2D eigenvalue weighted by Crippen LogP contribution is -2.14. The van der Waals surface area contributed by atoms with Crippen LogP contribution in [0.2, 0.25) is 0 Å². The van der Waals surface area contributed by atoms with E-state index >= 15 is 0 Å². The van der Waals surface area contributed by atoms with Crippen molar-refractivity contribution in [1.29, 1.82) is 0 Å². The molecule has 1 aromatic carbocycles. The van der Waals surface area contributed by atoms with E-state index in [1.165, 1.54) is 0 Å². The van der Waals surface area contributed by atoms with E-state index in [0.29, 0.717) is 6.07 Å². The molecule has 11 heteroatoms. The Morgan fingerprint density at radius 1 is 1.30 bits per heavy atom. The topological polar surface area (TPSA) is 118 Å². The SMILES string of the molecule is O=[N+]([O-])c1cc(NS(=O)(=O)c2cn[nH]c2)c(F)cc1F. The zero-order chi connectivity index (χ0) is 14.9. The Labute approximate surface area is 110 Å². The zero-order valence-corrected chi connectivity index (χ0v) is 10.3. The molecular formula is C9H6F2N4O4S. The third-order valence-corrected chi connectivity index (χ3v) is 3.59. The van der Waals surface area contributed by atoms with Gasteiger partial charge in [0.15, 0.2) is 5.82 Å². The number of halogens is 2. The van der Waals surface area contributed by atoms with Crippen LogP contribution < -0.4 is 4.72 Å². The summed E-state index contributed by atoms with van der Waals surface area (Å²) in [6, 6.07) is 0.688. The summed E-state index contributed by atoms with van der Waals surface area (Å²) in [5, 5.41) is 16.2. The Bertz CT molecular complexity index is 761. The van der Waals surface area contributed by atoms with Crippen molar-refractivity contribution in [2.75, 3.05) is 4.72 Å². The molecule has 8 nitrogen and oxygen atoms in total. The molecule has 1 heterocycles. The molecule has 0 saturated carbocycles. The summed E-state index contributed by atoms with van der Waals surface area (Å²) < 4.78 is 51.9. The lowest BCUT2D eigenvalue weighted by Gasteiger charge is -2.07. The van der Waals surface area contributed by atoms with Crippen LogP contribution >= 0.6 is 0 Å². The van der Waals surface area contributed by atoms with E-state index in [1.807, 2.05) is 0 Å². The molecule has 106 valence electrons. The van der Waals surface area contributed by atoms with Gasteiger partial charge in [0.25, 0.3) is 10.0 Å². The Hall–Kier alpha value is -2.56. The van der Waals surface area contributed by atoms with Crippen LogP contribution in [0.3, 0.4) is 0 Å². The molecule has 0 fully saturated rings. The minimum Gasteiger partial charge on any atom is -0.284 e. The van der Waals surface area contributed by atoms with Crippen molar-refractivity contribution in [3.8, 4) is 0 Å². The minimum atomic E-state index is -4.18. The third-order valence-electron chi connectivity index (χ3n) is 2.26. The highest BCUT2D eigenvalue weighted by Gasteiger charge is 2.22. The molecule has 0 unspecified atom stereocenters. The highest BCUT2D eigenvalue weighted by molar-refractivity contribution is 7.92. The van der Waals surface area contributed by atoms with E-state index in [0.717, 1.165) is 12.4 Å². The first-order valence-corrected chi connectivity index (χ1v) is 6.44. The number of H-pyrrole nitrogens is 1. The summed E-state index contributed by atoms with van der Waals surface area (Å²) in [4.78, 5) is 9.14. The predicted octanol–water partition coefficient (Wildman–Crippen LogP) is 1.40. The highest BCUT2D eigenvalue weighted by Crippen LogP contribution is 2.26. The number of benzene rings is 1. The molecule has 0 atom stereocenters. The van der Waals surface area contributed by atoms with Gasteiger partial charge in [0.05, 0.1) is 16.8 Å². The molecule has 2 aromatic rings. The molecule has 1 aromatic heterocycles. The molecule has 0 saturated heterocycles. The Morgan fingerprint density at radius 2 is 2.00 bits per heavy atom. The van der Waals surface area contributed by atoms with Crippen molar-refractivity contribution >= 4 is 21.4 Å². The molecule has 0 amide bonds. The normalized spacial score (nSPS) is 11.3. The van der Waals surface area contributed by atoms with Crippen LogP contribution in [0, 0.1) is 21.7 Å². The van der Waals surface area contributed by atoms with E-state index in [1.54, 1.807) is 4.72 Å². The third kappa shape index (κ3) is 2.56. The van der Waals surface area contributed by atoms with E-state index in [2.05, 4.69) is 10.2 Å². The van der Waals surface area contributed by atoms with E-state index in [-0.39, 0.29) is 11.0 Å². The number of sulfonamides is 1. The Kier molecular flexibility index (Phi) is 3.36. The van der Waals surface area contributed by atoms with Crippen LogP contribution in [0.5, 0.6) is 0 Å². The number of aromatic amines is 1. The van der Waals surface area contributed by atoms with Gasteiger partial charge in [-0.25, -0.2) is 12.8 Å². The van der Waals surface area contributed by atoms with Gasteiger partial charge in [-0.3, -0.25) is 19.9 Å². The number of nitrogens with zero attached hydrogens (tertiary/aromatic N) is 2. The van der Waals surface area contributed by atoms with Gasteiger partial charge in [-0.15, -0.1) is 0 Å². The number of hydrogen-bond acceptors (Lipinski definition) is 5. The van der Waals surface area contributed by atoms with Crippen molar-refractivity contribution in [3.05, 3.63) is 46.3 Å². The second-order valence-electron chi connectivity index (χ2n) is 3.58. The van der Waals surface area contributed by atoms with Crippen molar-refractivity contribution in [2.24, 2.45) is 0 Å². The van der Waals surface area contributed by atoms with E-state index < -0.39 is 38.0 Å². The van der Waals surface area contributed by atoms with Gasteiger partial charge in [0.1, 0.15) is 4.90 Å². The van der Waals surface area contributed by atoms with Crippen molar-refractivity contribution in [3.63, 3.8) is 0 Å². The second-order valence-corrected chi connectivity index (χ2v) is 5.26. The molecule has 0 radical (unpaired) electrons. The molecule has 0 bridgehead atoms. The molecule has 0 spiro atoms. The lowest BCUT2D eigenvalue weighted by atomic mass is 10.2. The summed E-state index contributed by atoms with van der Waals surface area (Å²) in [6.45, 7) is 0. The van der Waals surface area contributed by atoms with Gasteiger partial charge < -0.3 is 0 Å². The molecular weight excluding hydrogens is 298 g/mol. The van der Waals surface area contributed by atoms with Crippen LogP contribution in [0.1, 0.15) is 0 Å².